The van der Waals surface area contributed by atoms with Crippen molar-refractivity contribution in [2.45, 2.75) is 26.1 Å². The Hall–Kier alpha value is -4.32. The number of halogens is 3. The lowest BCUT2D eigenvalue weighted by Gasteiger charge is -2.34. The van der Waals surface area contributed by atoms with Crippen LogP contribution in [0.15, 0.2) is 54.6 Å². The summed E-state index contributed by atoms with van der Waals surface area (Å²) in [6.07, 6.45) is -3.82. The van der Waals surface area contributed by atoms with Gasteiger partial charge >= 0.3 is 12.2 Å². The second-order valence-corrected chi connectivity index (χ2v) is 9.83. The second-order valence-electron chi connectivity index (χ2n) is 9.83. The van der Waals surface area contributed by atoms with Crippen molar-refractivity contribution in [3.8, 4) is 5.75 Å². The molecular formula is C29H32F3N5O4. The lowest BCUT2D eigenvalue weighted by Crippen LogP contribution is -2.51. The third-order valence-electron chi connectivity index (χ3n) is 7.19. The fourth-order valence-electron chi connectivity index (χ4n) is 4.79. The van der Waals surface area contributed by atoms with E-state index in [9.17, 15) is 27.6 Å². The first-order chi connectivity index (χ1) is 19.5. The van der Waals surface area contributed by atoms with Gasteiger partial charge in [-0.3, -0.25) is 14.5 Å². The van der Waals surface area contributed by atoms with Crippen LogP contribution in [0, 0.1) is 6.92 Å². The van der Waals surface area contributed by atoms with E-state index in [1.54, 1.807) is 25.0 Å². The molecular weight excluding hydrogens is 539 g/mol. The Morgan fingerprint density at radius 2 is 1.61 bits per heavy atom. The normalized spacial score (nSPS) is 14.1. The lowest BCUT2D eigenvalue weighted by atomic mass is 10.1. The van der Waals surface area contributed by atoms with E-state index in [1.807, 2.05) is 33.7 Å². The summed E-state index contributed by atoms with van der Waals surface area (Å²) in [4.78, 5) is 41.5. The Kier molecular flexibility index (Phi) is 9.01. The summed E-state index contributed by atoms with van der Waals surface area (Å²) in [5.74, 6) is -0.0275. The van der Waals surface area contributed by atoms with Crippen molar-refractivity contribution < 1.29 is 32.3 Å². The highest BCUT2D eigenvalue weighted by atomic mass is 19.4. The summed E-state index contributed by atoms with van der Waals surface area (Å²) in [5, 5.41) is 2.61. The molecule has 0 radical (unpaired) electrons. The topological polar surface area (TPSA) is 110 Å². The van der Waals surface area contributed by atoms with Gasteiger partial charge in [0.15, 0.2) is 5.78 Å². The van der Waals surface area contributed by atoms with Gasteiger partial charge in [-0.15, -0.1) is 0 Å². The first-order valence-corrected chi connectivity index (χ1v) is 13.1. The van der Waals surface area contributed by atoms with Gasteiger partial charge in [0.1, 0.15) is 5.75 Å². The number of anilines is 1. The number of methoxy groups -OCH3 is 1. The summed E-state index contributed by atoms with van der Waals surface area (Å²) in [6.45, 7) is 3.87. The van der Waals surface area contributed by atoms with Gasteiger partial charge in [0, 0.05) is 44.1 Å². The SMILES string of the molecule is COc1ccc(CCn2c(C(=O)CN3CCN(C(=O)Nc4ccc(C(F)(F)F)cc4)CC3)cc(C(N)=O)c2C)cc1. The number of primary amides is 1. The van der Waals surface area contributed by atoms with Crippen molar-refractivity contribution in [2.24, 2.45) is 5.73 Å². The number of aromatic nitrogens is 1. The molecule has 0 spiro atoms. The number of nitrogens with two attached hydrogens (primary N) is 1. The number of aryl methyl sites for hydroxylation is 1. The first kappa shape index (κ1) is 29.7. The number of carbonyl (C=O) groups is 3. The molecule has 0 unspecified atom stereocenters. The highest BCUT2D eigenvalue weighted by Gasteiger charge is 2.30. The number of alkyl halides is 3. The van der Waals surface area contributed by atoms with Gasteiger partial charge in [0.2, 0.25) is 0 Å². The number of amides is 3. The number of urea groups is 1. The van der Waals surface area contributed by atoms with Crippen molar-refractivity contribution in [3.05, 3.63) is 82.7 Å². The van der Waals surface area contributed by atoms with Crippen molar-refractivity contribution in [3.63, 3.8) is 0 Å². The number of ether oxygens (including phenoxy) is 1. The van der Waals surface area contributed by atoms with E-state index >= 15 is 0 Å². The Morgan fingerprint density at radius 1 is 0.976 bits per heavy atom. The lowest BCUT2D eigenvalue weighted by molar-refractivity contribution is -0.137. The molecule has 1 aromatic heterocycles. The second kappa shape index (κ2) is 12.5. The molecule has 2 aromatic carbocycles. The predicted octanol–water partition coefficient (Wildman–Crippen LogP) is 4.20. The maximum atomic E-state index is 13.4. The Bertz CT molecular complexity index is 1390. The molecule has 1 aliphatic heterocycles. The van der Waals surface area contributed by atoms with Crippen LogP contribution >= 0.6 is 0 Å². The van der Waals surface area contributed by atoms with Gasteiger partial charge in [0.25, 0.3) is 5.91 Å². The fourth-order valence-corrected chi connectivity index (χ4v) is 4.79. The zero-order valence-electron chi connectivity index (χ0n) is 22.8. The highest BCUT2D eigenvalue weighted by molar-refractivity contribution is 6.01. The van der Waals surface area contributed by atoms with Gasteiger partial charge in [0.05, 0.1) is 30.5 Å². The monoisotopic (exact) mass is 571 g/mol. The molecule has 2 heterocycles. The van der Waals surface area contributed by atoms with E-state index in [0.29, 0.717) is 56.1 Å². The largest absolute Gasteiger partial charge is 0.497 e. The number of nitrogens with one attached hydrogen (secondary N) is 1. The molecule has 12 heteroatoms. The quantitative estimate of drug-likeness (QED) is 0.374. The molecule has 41 heavy (non-hydrogen) atoms. The number of hydrogen-bond acceptors (Lipinski definition) is 5. The van der Waals surface area contributed by atoms with Gasteiger partial charge < -0.3 is 25.3 Å². The highest BCUT2D eigenvalue weighted by Crippen LogP contribution is 2.30. The number of benzene rings is 2. The van der Waals surface area contributed by atoms with Crippen LogP contribution in [0.2, 0.25) is 0 Å². The molecule has 3 amide bonds. The molecule has 0 bridgehead atoms. The summed E-state index contributed by atoms with van der Waals surface area (Å²) in [7, 11) is 1.60. The van der Waals surface area contributed by atoms with Gasteiger partial charge in [-0.2, -0.15) is 13.2 Å². The van der Waals surface area contributed by atoms with Gasteiger partial charge in [-0.25, -0.2) is 4.79 Å². The number of piperazine rings is 1. The van der Waals surface area contributed by atoms with Crippen molar-refractivity contribution in [2.75, 3.05) is 45.2 Å². The molecule has 1 aliphatic rings. The van der Waals surface area contributed by atoms with E-state index in [-0.39, 0.29) is 18.0 Å². The number of rotatable bonds is 9. The third-order valence-corrected chi connectivity index (χ3v) is 7.19. The molecule has 0 atom stereocenters. The standard InChI is InChI=1S/C29H32F3N5O4/c1-19-24(27(33)39)17-25(37(19)12-11-20-3-9-23(41-2)10-4-20)26(38)18-35-13-15-36(16-14-35)28(40)34-22-7-5-21(6-8-22)29(30,31)32/h3-10,17H,11-16,18H2,1-2H3,(H2,33,39)(H,34,40). The minimum Gasteiger partial charge on any atom is -0.497 e. The van der Waals surface area contributed by atoms with Crippen LogP contribution in [0.25, 0.3) is 0 Å². The van der Waals surface area contributed by atoms with Crippen LogP contribution in [0.4, 0.5) is 23.7 Å². The van der Waals surface area contributed by atoms with Crippen LogP contribution in [0.5, 0.6) is 5.75 Å². The maximum Gasteiger partial charge on any atom is 0.416 e. The summed E-state index contributed by atoms with van der Waals surface area (Å²) in [6, 6.07) is 13.0. The first-order valence-electron chi connectivity index (χ1n) is 13.1. The number of carbonyl (C=O) groups excluding carboxylic acids is 3. The third kappa shape index (κ3) is 7.26. The van der Waals surface area contributed by atoms with Crippen LogP contribution in [-0.4, -0.2) is 71.9 Å². The van der Waals surface area contributed by atoms with Crippen molar-refractivity contribution in [1.82, 2.24) is 14.4 Å². The van der Waals surface area contributed by atoms with E-state index in [1.165, 1.54) is 12.1 Å². The molecule has 4 rings (SSSR count). The van der Waals surface area contributed by atoms with E-state index in [2.05, 4.69) is 5.32 Å². The van der Waals surface area contributed by atoms with Crippen molar-refractivity contribution in [1.29, 1.82) is 0 Å². The Balaban J connectivity index is 1.35. The smallest absolute Gasteiger partial charge is 0.416 e. The van der Waals surface area contributed by atoms with Crippen LogP contribution in [-0.2, 0) is 19.1 Å². The number of nitrogens with zero attached hydrogens (tertiary/aromatic N) is 3. The van der Waals surface area contributed by atoms with E-state index in [0.717, 1.165) is 23.4 Å². The van der Waals surface area contributed by atoms with Crippen LogP contribution < -0.4 is 15.8 Å². The summed E-state index contributed by atoms with van der Waals surface area (Å²) < 4.78 is 45.3. The molecule has 0 aliphatic carbocycles. The van der Waals surface area contributed by atoms with Gasteiger partial charge in [-0.05, 0) is 61.4 Å². The molecule has 9 nitrogen and oxygen atoms in total. The molecule has 0 saturated carbocycles. The predicted molar refractivity (Wildman–Crippen MR) is 147 cm³/mol. The van der Waals surface area contributed by atoms with E-state index in [4.69, 9.17) is 10.5 Å². The van der Waals surface area contributed by atoms with Crippen molar-refractivity contribution >= 4 is 23.4 Å². The number of hydrogen-bond donors (Lipinski definition) is 2. The molecule has 1 fully saturated rings. The average molecular weight is 572 g/mol. The molecule has 3 aromatic rings. The molecule has 218 valence electrons. The van der Waals surface area contributed by atoms with Crippen LogP contribution in [0.3, 0.4) is 0 Å². The molecule has 1 saturated heterocycles. The Labute approximate surface area is 235 Å². The number of Topliss-reactive ketones (excluding diaryl/α,β-unsaturated/α-hetero) is 1. The summed E-state index contributed by atoms with van der Waals surface area (Å²) >= 11 is 0. The van der Waals surface area contributed by atoms with Crippen LogP contribution in [0.1, 0.15) is 37.7 Å². The Morgan fingerprint density at radius 3 is 2.17 bits per heavy atom. The minimum absolute atomic E-state index is 0.0958. The zero-order valence-corrected chi connectivity index (χ0v) is 22.8. The average Bonchev–Trinajstić information content (AvgIpc) is 3.28. The minimum atomic E-state index is -4.45. The maximum absolute atomic E-state index is 13.4. The van der Waals surface area contributed by atoms with Gasteiger partial charge in [-0.1, -0.05) is 12.1 Å². The number of ketones is 1. The summed E-state index contributed by atoms with van der Waals surface area (Å²) in [5.41, 5.74) is 7.40. The molecule has 3 N–H and O–H groups in total. The fraction of sp³-hybridized carbons (Fsp3) is 0.345. The zero-order chi connectivity index (χ0) is 29.7. The van der Waals surface area contributed by atoms with E-state index < -0.39 is 23.7 Å².